The van der Waals surface area contributed by atoms with Gasteiger partial charge in [0.25, 0.3) is 0 Å². The first-order valence-corrected chi connectivity index (χ1v) is 15.3. The third-order valence-corrected chi connectivity index (χ3v) is 9.01. The minimum Gasteiger partial charge on any atom is -0.398 e. The number of hydrogen-bond donors (Lipinski definition) is 0. The van der Waals surface area contributed by atoms with Gasteiger partial charge in [-0.25, -0.2) is 0 Å². The summed E-state index contributed by atoms with van der Waals surface area (Å²) in [5.41, 5.74) is 0. The summed E-state index contributed by atoms with van der Waals surface area (Å²) in [4.78, 5) is 7.98. The van der Waals surface area contributed by atoms with Crippen LogP contribution in [0, 0.1) is 0 Å². The molecular weight excluding hydrogens is 390 g/mol. The molecule has 0 aliphatic heterocycles. The van der Waals surface area contributed by atoms with E-state index in [4.69, 9.17) is 8.85 Å². The number of rotatable bonds is 22. The van der Waals surface area contributed by atoms with Gasteiger partial charge in [0.15, 0.2) is 0 Å². The quantitative estimate of drug-likeness (QED) is 0.217. The highest BCUT2D eigenvalue weighted by Crippen LogP contribution is 2.14. The average Bonchev–Trinajstić information content (AvgIpc) is 2.73. The van der Waals surface area contributed by atoms with Crippen molar-refractivity contribution in [3.63, 3.8) is 0 Å². The zero-order valence-electron chi connectivity index (χ0n) is 21.7. The van der Waals surface area contributed by atoms with Crippen molar-refractivity contribution in [2.24, 2.45) is 0 Å². The first-order valence-electron chi connectivity index (χ1n) is 12.8. The van der Waals surface area contributed by atoms with Crippen molar-refractivity contribution in [3.8, 4) is 0 Å². The van der Waals surface area contributed by atoms with Crippen molar-refractivity contribution in [1.82, 2.24) is 14.7 Å². The molecule has 0 saturated heterocycles. The predicted molar refractivity (Wildman–Crippen MR) is 135 cm³/mol. The van der Waals surface area contributed by atoms with E-state index in [1.807, 2.05) is 0 Å². The molecule has 0 heterocycles. The zero-order chi connectivity index (χ0) is 22.7. The molecule has 0 aliphatic rings. The van der Waals surface area contributed by atoms with E-state index in [0.717, 1.165) is 6.04 Å². The van der Waals surface area contributed by atoms with Crippen molar-refractivity contribution in [2.75, 3.05) is 73.1 Å². The summed E-state index contributed by atoms with van der Waals surface area (Å²) in [5, 5.41) is 0. The fourth-order valence-electron chi connectivity index (χ4n) is 4.22. The lowest BCUT2D eigenvalue weighted by Gasteiger charge is -2.28. The summed E-state index contributed by atoms with van der Waals surface area (Å²) in [5.74, 6) is 0. The maximum atomic E-state index is 5.69. The van der Waals surface area contributed by atoms with Crippen LogP contribution in [-0.2, 0) is 8.85 Å². The molecule has 0 rings (SSSR count). The fourth-order valence-corrected chi connectivity index (χ4v) is 5.59. The van der Waals surface area contributed by atoms with Crippen LogP contribution in [0.1, 0.15) is 72.6 Å². The second-order valence-electron chi connectivity index (χ2n) is 8.88. The Bertz CT molecular complexity index is 336. The van der Waals surface area contributed by atoms with E-state index in [2.05, 4.69) is 48.9 Å². The Balaban J connectivity index is 4.58. The molecule has 0 unspecified atom stereocenters. The van der Waals surface area contributed by atoms with Gasteiger partial charge in [-0.3, -0.25) is 0 Å². The number of hydrogen-bond acceptors (Lipinski definition) is 5. The standard InChI is InChI=1S/C24H55N3O2Si/c1-8-15-25(16-9-2)19-12-21-27(23-14-24-30(7,28-5)29-6)22-13-20-26(17-10-3)18-11-4/h8-24H2,1-7H3. The van der Waals surface area contributed by atoms with E-state index in [0.29, 0.717) is 0 Å². The van der Waals surface area contributed by atoms with Crippen LogP contribution in [-0.4, -0.2) is 96.4 Å². The Kier molecular flexibility index (Phi) is 19.7. The summed E-state index contributed by atoms with van der Waals surface area (Å²) in [7, 11) is 1.66. The molecule has 0 aromatic carbocycles. The maximum Gasteiger partial charge on any atom is 0.334 e. The van der Waals surface area contributed by atoms with Gasteiger partial charge in [0.1, 0.15) is 0 Å². The molecule has 0 fully saturated rings. The van der Waals surface area contributed by atoms with Crippen molar-refractivity contribution < 1.29 is 8.85 Å². The molecule has 0 amide bonds. The molecule has 0 aromatic rings. The molecule has 0 radical (unpaired) electrons. The summed E-state index contributed by atoms with van der Waals surface area (Å²) in [6.07, 6.45) is 8.74. The fraction of sp³-hybridized carbons (Fsp3) is 1.00. The monoisotopic (exact) mass is 445 g/mol. The lowest BCUT2D eigenvalue weighted by atomic mass is 10.2. The number of nitrogens with zero attached hydrogens (tertiary/aromatic N) is 3. The van der Waals surface area contributed by atoms with Gasteiger partial charge in [-0.2, -0.15) is 0 Å². The normalized spacial score (nSPS) is 12.6. The molecule has 0 aromatic heterocycles. The Morgan fingerprint density at radius 1 is 0.500 bits per heavy atom. The molecule has 30 heavy (non-hydrogen) atoms. The Labute approximate surface area is 190 Å². The van der Waals surface area contributed by atoms with E-state index in [1.54, 1.807) is 14.2 Å². The van der Waals surface area contributed by atoms with Gasteiger partial charge in [0.05, 0.1) is 0 Å². The van der Waals surface area contributed by atoms with Crippen molar-refractivity contribution in [1.29, 1.82) is 0 Å². The molecular formula is C24H55N3O2Si. The van der Waals surface area contributed by atoms with Gasteiger partial charge in [-0.15, -0.1) is 0 Å². The van der Waals surface area contributed by atoms with Gasteiger partial charge in [-0.05, 0) is 116 Å². The molecule has 5 nitrogen and oxygen atoms in total. The van der Waals surface area contributed by atoms with Crippen molar-refractivity contribution >= 4 is 8.56 Å². The van der Waals surface area contributed by atoms with Crippen LogP contribution >= 0.6 is 0 Å². The SMILES string of the molecule is CCCN(CCC)CCCN(CCCN(CCC)CCC)CCC[Si](C)(OC)OC. The van der Waals surface area contributed by atoms with Gasteiger partial charge in [0.2, 0.25) is 0 Å². The van der Waals surface area contributed by atoms with Crippen LogP contribution in [0.25, 0.3) is 0 Å². The molecule has 0 N–H and O–H groups in total. The minimum absolute atomic E-state index is 1.08. The van der Waals surface area contributed by atoms with Crippen LogP contribution in [0.2, 0.25) is 12.6 Å². The molecule has 0 saturated carbocycles. The molecule has 0 atom stereocenters. The molecule has 6 heteroatoms. The molecule has 0 aliphatic carbocycles. The molecule has 182 valence electrons. The smallest absolute Gasteiger partial charge is 0.334 e. The first-order chi connectivity index (χ1) is 14.5. The Hall–Kier alpha value is 0.0169. The van der Waals surface area contributed by atoms with Gasteiger partial charge in [-0.1, -0.05) is 27.7 Å². The summed E-state index contributed by atoms with van der Waals surface area (Å²) in [6.45, 7) is 22.4. The highest BCUT2D eigenvalue weighted by Gasteiger charge is 2.28. The highest BCUT2D eigenvalue weighted by atomic mass is 28.4. The van der Waals surface area contributed by atoms with E-state index < -0.39 is 8.56 Å². The van der Waals surface area contributed by atoms with E-state index in [-0.39, 0.29) is 0 Å². The lowest BCUT2D eigenvalue weighted by Crippen LogP contribution is -2.38. The molecule has 0 bridgehead atoms. The Morgan fingerprint density at radius 3 is 1.10 bits per heavy atom. The maximum absolute atomic E-state index is 5.69. The molecule has 0 spiro atoms. The topological polar surface area (TPSA) is 28.2 Å². The third kappa shape index (κ3) is 14.9. The van der Waals surface area contributed by atoms with E-state index >= 15 is 0 Å². The second-order valence-corrected chi connectivity index (χ2v) is 12.5. The van der Waals surface area contributed by atoms with Crippen LogP contribution in [0.5, 0.6) is 0 Å². The summed E-state index contributed by atoms with van der Waals surface area (Å²) >= 11 is 0. The lowest BCUT2D eigenvalue weighted by molar-refractivity contribution is 0.203. The van der Waals surface area contributed by atoms with E-state index in [9.17, 15) is 0 Å². The average molecular weight is 446 g/mol. The van der Waals surface area contributed by atoms with Crippen LogP contribution in [0.4, 0.5) is 0 Å². The summed E-state index contributed by atoms with van der Waals surface area (Å²) in [6, 6.07) is 1.08. The van der Waals surface area contributed by atoms with Gasteiger partial charge in [0, 0.05) is 14.2 Å². The largest absolute Gasteiger partial charge is 0.398 e. The van der Waals surface area contributed by atoms with Gasteiger partial charge < -0.3 is 23.6 Å². The van der Waals surface area contributed by atoms with Crippen LogP contribution in [0.15, 0.2) is 0 Å². The van der Waals surface area contributed by atoms with E-state index in [1.165, 1.54) is 104 Å². The summed E-state index contributed by atoms with van der Waals surface area (Å²) < 4.78 is 11.4. The van der Waals surface area contributed by atoms with Crippen molar-refractivity contribution in [3.05, 3.63) is 0 Å². The highest BCUT2D eigenvalue weighted by molar-refractivity contribution is 6.65. The predicted octanol–water partition coefficient (Wildman–Crippen LogP) is 5.07. The van der Waals surface area contributed by atoms with Crippen LogP contribution in [0.3, 0.4) is 0 Å². The Morgan fingerprint density at radius 2 is 0.800 bits per heavy atom. The first kappa shape index (κ1) is 30.0. The third-order valence-electron chi connectivity index (χ3n) is 6.03. The second kappa shape index (κ2) is 19.7. The van der Waals surface area contributed by atoms with Crippen molar-refractivity contribution in [2.45, 2.75) is 85.2 Å². The van der Waals surface area contributed by atoms with Gasteiger partial charge >= 0.3 is 8.56 Å². The minimum atomic E-state index is -1.95. The zero-order valence-corrected chi connectivity index (χ0v) is 22.7. The van der Waals surface area contributed by atoms with Crippen LogP contribution < -0.4 is 0 Å².